The summed E-state index contributed by atoms with van der Waals surface area (Å²) in [6, 6.07) is 13.6. The van der Waals surface area contributed by atoms with E-state index in [1.165, 1.54) is 11.1 Å². The van der Waals surface area contributed by atoms with E-state index in [2.05, 4.69) is 42.6 Å². The van der Waals surface area contributed by atoms with Gasteiger partial charge in [0, 0.05) is 23.7 Å². The average molecular weight is 306 g/mol. The van der Waals surface area contributed by atoms with Crippen LogP contribution in [0, 0.1) is 23.0 Å². The van der Waals surface area contributed by atoms with Gasteiger partial charge in [-0.15, -0.1) is 0 Å². The van der Waals surface area contributed by atoms with Crippen molar-refractivity contribution in [3.05, 3.63) is 81.4 Å². The molecule has 0 amide bonds. The van der Waals surface area contributed by atoms with E-state index in [-0.39, 0.29) is 16.7 Å². The molecule has 4 nitrogen and oxygen atoms in total. The zero-order valence-corrected chi connectivity index (χ0v) is 12.9. The van der Waals surface area contributed by atoms with Gasteiger partial charge in [0.25, 0.3) is 5.69 Å². The molecule has 3 atom stereocenters. The summed E-state index contributed by atoms with van der Waals surface area (Å²) < 4.78 is 0. The molecular formula is C19H18N2O2. The quantitative estimate of drug-likeness (QED) is 0.496. The maximum atomic E-state index is 11.1. The predicted molar refractivity (Wildman–Crippen MR) is 90.6 cm³/mol. The van der Waals surface area contributed by atoms with Crippen molar-refractivity contribution < 1.29 is 4.92 Å². The van der Waals surface area contributed by atoms with Gasteiger partial charge in [0.2, 0.25) is 0 Å². The first-order valence-corrected chi connectivity index (χ1v) is 7.91. The van der Waals surface area contributed by atoms with Crippen LogP contribution < -0.4 is 5.32 Å². The molecule has 1 aliphatic heterocycles. The number of nitro groups is 1. The van der Waals surface area contributed by atoms with Crippen molar-refractivity contribution in [3.8, 4) is 0 Å². The topological polar surface area (TPSA) is 55.2 Å². The third-order valence-electron chi connectivity index (χ3n) is 4.96. The van der Waals surface area contributed by atoms with Crippen LogP contribution in [0.2, 0.25) is 0 Å². The molecule has 4 rings (SSSR count). The SMILES string of the molecule is Cc1ccc2c(c1)[C@@H]1C=CC[C@H]1[C@H](c1cccc([N+](=O)[O-])c1)N2. The van der Waals surface area contributed by atoms with Crippen LogP contribution in [0.5, 0.6) is 0 Å². The second-order valence-electron chi connectivity index (χ2n) is 6.42. The smallest absolute Gasteiger partial charge is 0.269 e. The lowest BCUT2D eigenvalue weighted by Gasteiger charge is -2.37. The van der Waals surface area contributed by atoms with Crippen LogP contribution in [-0.2, 0) is 0 Å². The zero-order chi connectivity index (χ0) is 16.0. The Hall–Kier alpha value is -2.62. The van der Waals surface area contributed by atoms with E-state index in [4.69, 9.17) is 0 Å². The molecule has 0 fully saturated rings. The monoisotopic (exact) mass is 306 g/mol. The third-order valence-corrected chi connectivity index (χ3v) is 4.96. The Labute approximate surface area is 135 Å². The molecule has 0 aromatic heterocycles. The first kappa shape index (κ1) is 14.0. The summed E-state index contributed by atoms with van der Waals surface area (Å²) in [7, 11) is 0. The lowest BCUT2D eigenvalue weighted by atomic mass is 9.76. The van der Waals surface area contributed by atoms with Crippen molar-refractivity contribution >= 4 is 11.4 Å². The second-order valence-corrected chi connectivity index (χ2v) is 6.42. The summed E-state index contributed by atoms with van der Waals surface area (Å²) in [5, 5.41) is 14.7. The summed E-state index contributed by atoms with van der Waals surface area (Å²) in [4.78, 5) is 10.7. The van der Waals surface area contributed by atoms with Crippen LogP contribution in [0.1, 0.15) is 35.1 Å². The van der Waals surface area contributed by atoms with Gasteiger partial charge in [0.15, 0.2) is 0 Å². The van der Waals surface area contributed by atoms with Crippen molar-refractivity contribution in [2.45, 2.75) is 25.3 Å². The van der Waals surface area contributed by atoms with Gasteiger partial charge in [0.05, 0.1) is 11.0 Å². The molecule has 23 heavy (non-hydrogen) atoms. The predicted octanol–water partition coefficient (Wildman–Crippen LogP) is 4.73. The molecule has 2 aliphatic rings. The molecule has 2 aromatic rings. The highest BCUT2D eigenvalue weighted by Crippen LogP contribution is 2.50. The largest absolute Gasteiger partial charge is 0.378 e. The van der Waals surface area contributed by atoms with Crippen LogP contribution >= 0.6 is 0 Å². The van der Waals surface area contributed by atoms with E-state index in [0.29, 0.717) is 11.8 Å². The number of hydrogen-bond donors (Lipinski definition) is 1. The molecule has 0 radical (unpaired) electrons. The molecule has 0 spiro atoms. The molecule has 4 heteroatoms. The van der Waals surface area contributed by atoms with Gasteiger partial charge in [0.1, 0.15) is 0 Å². The Balaban J connectivity index is 1.78. The second kappa shape index (κ2) is 5.23. The van der Waals surface area contributed by atoms with Gasteiger partial charge < -0.3 is 5.32 Å². The Morgan fingerprint density at radius 1 is 1.22 bits per heavy atom. The number of nitro benzene ring substituents is 1. The van der Waals surface area contributed by atoms with E-state index in [1.54, 1.807) is 18.2 Å². The number of benzene rings is 2. The number of fused-ring (bicyclic) bond motifs is 3. The molecule has 116 valence electrons. The Morgan fingerprint density at radius 2 is 2.09 bits per heavy atom. The van der Waals surface area contributed by atoms with Gasteiger partial charge in [-0.05, 0) is 36.5 Å². The molecule has 0 saturated carbocycles. The number of nitrogens with one attached hydrogen (secondary N) is 1. The minimum Gasteiger partial charge on any atom is -0.378 e. The van der Waals surface area contributed by atoms with Gasteiger partial charge in [-0.2, -0.15) is 0 Å². The van der Waals surface area contributed by atoms with Crippen LogP contribution in [0.4, 0.5) is 11.4 Å². The highest BCUT2D eigenvalue weighted by Gasteiger charge is 2.38. The first-order chi connectivity index (χ1) is 11.1. The Morgan fingerprint density at radius 3 is 2.91 bits per heavy atom. The molecular weight excluding hydrogens is 288 g/mol. The third kappa shape index (κ3) is 2.31. The number of aryl methyl sites for hydroxylation is 1. The minimum absolute atomic E-state index is 0.102. The summed E-state index contributed by atoms with van der Waals surface area (Å²) in [6.07, 6.45) is 5.52. The van der Waals surface area contributed by atoms with E-state index < -0.39 is 0 Å². The number of hydrogen-bond acceptors (Lipinski definition) is 3. The standard InChI is InChI=1S/C19H18N2O2/c1-12-8-9-18-17(10-12)15-6-3-7-16(15)19(20-18)13-4-2-5-14(11-13)21(22)23/h2-6,8-11,15-16,19-20H,7H2,1H3/t15-,16-,19+/m1/s1. The van der Waals surface area contributed by atoms with Crippen LogP contribution in [0.15, 0.2) is 54.6 Å². The summed E-state index contributed by atoms with van der Waals surface area (Å²) in [5.74, 6) is 0.793. The Kier molecular flexibility index (Phi) is 3.18. The highest BCUT2D eigenvalue weighted by atomic mass is 16.6. The summed E-state index contributed by atoms with van der Waals surface area (Å²) >= 11 is 0. The molecule has 1 aliphatic carbocycles. The first-order valence-electron chi connectivity index (χ1n) is 7.91. The Bertz CT molecular complexity index is 813. The number of rotatable bonds is 2. The summed E-state index contributed by atoms with van der Waals surface area (Å²) in [6.45, 7) is 2.11. The number of anilines is 1. The number of allylic oxidation sites excluding steroid dienone is 2. The lowest BCUT2D eigenvalue weighted by Crippen LogP contribution is -2.29. The minimum atomic E-state index is -0.325. The maximum Gasteiger partial charge on any atom is 0.269 e. The van der Waals surface area contributed by atoms with Crippen LogP contribution in [0.25, 0.3) is 0 Å². The van der Waals surface area contributed by atoms with E-state index in [1.807, 2.05) is 6.07 Å². The normalized spacial score (nSPS) is 24.7. The van der Waals surface area contributed by atoms with Crippen molar-refractivity contribution in [2.75, 3.05) is 5.32 Å². The average Bonchev–Trinajstić information content (AvgIpc) is 3.04. The molecule has 0 saturated heterocycles. The fraction of sp³-hybridized carbons (Fsp3) is 0.263. The maximum absolute atomic E-state index is 11.1. The van der Waals surface area contributed by atoms with Gasteiger partial charge >= 0.3 is 0 Å². The molecule has 1 N–H and O–H groups in total. The van der Waals surface area contributed by atoms with E-state index in [0.717, 1.165) is 17.7 Å². The number of non-ortho nitro benzene ring substituents is 1. The fourth-order valence-electron chi connectivity index (χ4n) is 3.88. The molecule has 0 bridgehead atoms. The molecule has 0 unspecified atom stereocenters. The van der Waals surface area contributed by atoms with E-state index in [9.17, 15) is 10.1 Å². The van der Waals surface area contributed by atoms with Gasteiger partial charge in [-0.3, -0.25) is 10.1 Å². The number of nitrogens with zero attached hydrogens (tertiary/aromatic N) is 1. The van der Waals surface area contributed by atoms with E-state index >= 15 is 0 Å². The fourth-order valence-corrected chi connectivity index (χ4v) is 3.88. The highest BCUT2D eigenvalue weighted by molar-refractivity contribution is 5.61. The summed E-state index contributed by atoms with van der Waals surface area (Å²) in [5.41, 5.74) is 4.88. The van der Waals surface area contributed by atoms with Crippen LogP contribution in [-0.4, -0.2) is 4.92 Å². The van der Waals surface area contributed by atoms with Crippen LogP contribution in [0.3, 0.4) is 0 Å². The lowest BCUT2D eigenvalue weighted by molar-refractivity contribution is -0.384. The zero-order valence-electron chi connectivity index (χ0n) is 12.9. The van der Waals surface area contributed by atoms with Gasteiger partial charge in [-0.1, -0.05) is 42.0 Å². The van der Waals surface area contributed by atoms with Crippen molar-refractivity contribution in [3.63, 3.8) is 0 Å². The van der Waals surface area contributed by atoms with Crippen molar-refractivity contribution in [2.24, 2.45) is 5.92 Å². The van der Waals surface area contributed by atoms with Gasteiger partial charge in [-0.25, -0.2) is 0 Å². The van der Waals surface area contributed by atoms with Crippen molar-refractivity contribution in [1.29, 1.82) is 0 Å². The molecule has 2 aromatic carbocycles. The molecule has 1 heterocycles. The van der Waals surface area contributed by atoms with Crippen molar-refractivity contribution in [1.82, 2.24) is 0 Å².